The number of piperidine rings is 1. The van der Waals surface area contributed by atoms with Crippen LogP contribution in [-0.4, -0.2) is 61.1 Å². The lowest BCUT2D eigenvalue weighted by Crippen LogP contribution is -2.49. The topological polar surface area (TPSA) is 44.8 Å². The Morgan fingerprint density at radius 1 is 1.20 bits per heavy atom. The maximum Gasteiger partial charge on any atom is 0.260 e. The van der Waals surface area contributed by atoms with Crippen molar-refractivity contribution in [3.05, 3.63) is 29.8 Å². The van der Waals surface area contributed by atoms with Crippen molar-refractivity contribution >= 4 is 18.3 Å². The summed E-state index contributed by atoms with van der Waals surface area (Å²) in [5.74, 6) is 0.952. The average molecular weight is 368 g/mol. The zero-order valence-corrected chi connectivity index (χ0v) is 15.9. The molecule has 2 fully saturated rings. The van der Waals surface area contributed by atoms with Crippen molar-refractivity contribution in [2.24, 2.45) is 0 Å². The second-order valence-electron chi connectivity index (χ2n) is 6.86. The first-order valence-electron chi connectivity index (χ1n) is 9.17. The molecule has 1 N–H and O–H groups in total. The Bertz CT molecular complexity index is 549. The molecule has 1 atom stereocenters. The highest BCUT2D eigenvalue weighted by atomic mass is 35.5. The summed E-state index contributed by atoms with van der Waals surface area (Å²) in [6.45, 7) is 8.12. The van der Waals surface area contributed by atoms with Gasteiger partial charge in [0, 0.05) is 50.9 Å². The first kappa shape index (κ1) is 20.0. The number of carbonyl (C=O) groups excluding carboxylic acids is 1. The van der Waals surface area contributed by atoms with E-state index in [1.165, 1.54) is 6.42 Å². The minimum atomic E-state index is 0. The van der Waals surface area contributed by atoms with Crippen molar-refractivity contribution in [2.75, 3.05) is 39.3 Å². The molecular weight excluding hydrogens is 338 g/mol. The van der Waals surface area contributed by atoms with Gasteiger partial charge in [-0.25, -0.2) is 0 Å². The molecule has 0 aromatic heterocycles. The van der Waals surface area contributed by atoms with Crippen molar-refractivity contribution < 1.29 is 9.53 Å². The summed E-state index contributed by atoms with van der Waals surface area (Å²) in [5.41, 5.74) is 1.16. The lowest BCUT2D eigenvalue weighted by Gasteiger charge is -2.34. The van der Waals surface area contributed by atoms with Crippen LogP contribution < -0.4 is 10.1 Å². The number of ether oxygens (including phenoxy) is 1. The van der Waals surface area contributed by atoms with Gasteiger partial charge in [0.2, 0.25) is 0 Å². The Morgan fingerprint density at radius 3 is 2.72 bits per heavy atom. The molecule has 0 bridgehead atoms. The Kier molecular flexibility index (Phi) is 8.00. The van der Waals surface area contributed by atoms with Crippen LogP contribution in [0.3, 0.4) is 0 Å². The van der Waals surface area contributed by atoms with Gasteiger partial charge >= 0.3 is 0 Å². The first-order valence-corrected chi connectivity index (χ1v) is 9.17. The number of nitrogens with zero attached hydrogens (tertiary/aromatic N) is 2. The molecule has 0 aliphatic carbocycles. The molecule has 0 radical (unpaired) electrons. The highest BCUT2D eigenvalue weighted by Crippen LogP contribution is 2.21. The number of piperazine rings is 1. The van der Waals surface area contributed by atoms with E-state index in [1.807, 2.05) is 23.1 Å². The van der Waals surface area contributed by atoms with E-state index in [0.717, 1.165) is 63.4 Å². The number of hydrogen-bond acceptors (Lipinski definition) is 4. The van der Waals surface area contributed by atoms with Crippen molar-refractivity contribution in [3.63, 3.8) is 0 Å². The fourth-order valence-electron chi connectivity index (χ4n) is 3.49. The molecule has 5 nitrogen and oxygen atoms in total. The number of carbonyl (C=O) groups is 1. The number of halogens is 1. The number of nitrogens with one attached hydrogen (secondary N) is 1. The van der Waals surface area contributed by atoms with Gasteiger partial charge in [-0.05, 0) is 32.3 Å². The molecule has 2 aliphatic heterocycles. The summed E-state index contributed by atoms with van der Waals surface area (Å²) in [4.78, 5) is 16.7. The van der Waals surface area contributed by atoms with Crippen LogP contribution in [0.25, 0.3) is 0 Å². The van der Waals surface area contributed by atoms with Crippen molar-refractivity contribution in [3.8, 4) is 5.75 Å². The average Bonchev–Trinajstić information content (AvgIpc) is 2.63. The minimum absolute atomic E-state index is 0. The van der Waals surface area contributed by atoms with Gasteiger partial charge in [0.25, 0.3) is 5.91 Å². The summed E-state index contributed by atoms with van der Waals surface area (Å²) in [7, 11) is 0. The molecule has 6 heteroatoms. The molecule has 0 spiro atoms. The van der Waals surface area contributed by atoms with E-state index in [0.29, 0.717) is 6.04 Å². The molecule has 2 saturated heterocycles. The van der Waals surface area contributed by atoms with E-state index in [2.05, 4.69) is 23.2 Å². The van der Waals surface area contributed by atoms with E-state index in [4.69, 9.17) is 4.74 Å². The Balaban J connectivity index is 0.00000225. The number of rotatable bonds is 5. The summed E-state index contributed by atoms with van der Waals surface area (Å²) in [5, 5.41) is 3.42. The van der Waals surface area contributed by atoms with Gasteiger partial charge in [0.1, 0.15) is 5.75 Å². The molecule has 2 aliphatic rings. The highest BCUT2D eigenvalue weighted by Gasteiger charge is 2.20. The molecule has 0 saturated carbocycles. The fraction of sp³-hybridized carbons (Fsp3) is 0.632. The van der Waals surface area contributed by atoms with Gasteiger partial charge in [0.05, 0.1) is 0 Å². The number of benzene rings is 1. The monoisotopic (exact) mass is 367 g/mol. The van der Waals surface area contributed by atoms with Crippen LogP contribution in [0, 0.1) is 0 Å². The predicted octanol–water partition coefficient (Wildman–Crippen LogP) is 2.29. The second-order valence-corrected chi connectivity index (χ2v) is 6.86. The van der Waals surface area contributed by atoms with Crippen LogP contribution in [0.1, 0.15) is 31.7 Å². The molecule has 1 aromatic carbocycles. The number of para-hydroxylation sites is 1. The third kappa shape index (κ3) is 5.59. The van der Waals surface area contributed by atoms with Gasteiger partial charge in [-0.15, -0.1) is 12.4 Å². The third-order valence-electron chi connectivity index (χ3n) is 5.04. The molecular formula is C19H30ClN3O2. The summed E-state index contributed by atoms with van der Waals surface area (Å²) in [6.07, 6.45) is 3.46. The first-order chi connectivity index (χ1) is 11.7. The normalized spacial score (nSPS) is 21.5. The zero-order valence-electron chi connectivity index (χ0n) is 15.1. The number of likely N-dealkylation sites (tertiary alicyclic amines) is 1. The summed E-state index contributed by atoms with van der Waals surface area (Å²) < 4.78 is 5.90. The van der Waals surface area contributed by atoms with Gasteiger partial charge in [-0.3, -0.25) is 9.69 Å². The van der Waals surface area contributed by atoms with Gasteiger partial charge < -0.3 is 15.0 Å². The highest BCUT2D eigenvalue weighted by molar-refractivity contribution is 5.85. The molecule has 140 valence electrons. The van der Waals surface area contributed by atoms with Crippen LogP contribution in [0.2, 0.25) is 0 Å². The molecule has 3 rings (SSSR count). The Morgan fingerprint density at radius 2 is 1.96 bits per heavy atom. The molecule has 0 unspecified atom stereocenters. The van der Waals surface area contributed by atoms with Gasteiger partial charge in [0.15, 0.2) is 6.61 Å². The van der Waals surface area contributed by atoms with Crippen molar-refractivity contribution in [1.29, 1.82) is 0 Å². The van der Waals surface area contributed by atoms with E-state index < -0.39 is 0 Å². The van der Waals surface area contributed by atoms with Gasteiger partial charge in [-0.2, -0.15) is 0 Å². The molecule has 25 heavy (non-hydrogen) atoms. The van der Waals surface area contributed by atoms with Crippen LogP contribution in [-0.2, 0) is 11.3 Å². The van der Waals surface area contributed by atoms with E-state index in [1.54, 1.807) is 0 Å². The third-order valence-corrected chi connectivity index (χ3v) is 5.04. The largest absolute Gasteiger partial charge is 0.483 e. The number of amides is 1. The lowest BCUT2D eigenvalue weighted by molar-refractivity contribution is -0.134. The van der Waals surface area contributed by atoms with Crippen LogP contribution >= 0.6 is 12.4 Å². The van der Waals surface area contributed by atoms with E-state index >= 15 is 0 Å². The van der Waals surface area contributed by atoms with E-state index in [9.17, 15) is 4.79 Å². The SMILES string of the molecule is C[C@@H]1CNCCN1Cc1ccccc1OCC(=O)N1CCCCC1.Cl. The molecule has 1 amide bonds. The maximum absolute atomic E-state index is 12.3. The van der Waals surface area contributed by atoms with Crippen LogP contribution in [0.5, 0.6) is 5.75 Å². The Labute approximate surface area is 157 Å². The summed E-state index contributed by atoms with van der Waals surface area (Å²) >= 11 is 0. The fourth-order valence-corrected chi connectivity index (χ4v) is 3.49. The van der Waals surface area contributed by atoms with Crippen molar-refractivity contribution in [1.82, 2.24) is 15.1 Å². The standard InChI is InChI=1S/C19H29N3O2.ClH/c1-16-13-20-9-12-22(16)14-17-7-3-4-8-18(17)24-15-19(23)21-10-5-2-6-11-21;/h3-4,7-8,16,20H,2,5-6,9-15H2,1H3;1H/t16-;/m1./s1. The van der Waals surface area contributed by atoms with Crippen molar-refractivity contribution in [2.45, 2.75) is 38.8 Å². The maximum atomic E-state index is 12.3. The Hall–Kier alpha value is -1.30. The van der Waals surface area contributed by atoms with Gasteiger partial charge in [-0.1, -0.05) is 18.2 Å². The van der Waals surface area contributed by atoms with Crippen LogP contribution in [0.4, 0.5) is 0 Å². The second kappa shape index (κ2) is 10.00. The predicted molar refractivity (Wildman–Crippen MR) is 102 cm³/mol. The molecule has 2 heterocycles. The summed E-state index contributed by atoms with van der Waals surface area (Å²) in [6, 6.07) is 8.62. The van der Waals surface area contributed by atoms with Crippen LogP contribution in [0.15, 0.2) is 24.3 Å². The number of hydrogen-bond donors (Lipinski definition) is 1. The quantitative estimate of drug-likeness (QED) is 0.867. The smallest absolute Gasteiger partial charge is 0.260 e. The minimum Gasteiger partial charge on any atom is -0.483 e. The zero-order chi connectivity index (χ0) is 16.8. The van der Waals surface area contributed by atoms with E-state index in [-0.39, 0.29) is 24.9 Å². The molecule has 1 aromatic rings. The lowest BCUT2D eigenvalue weighted by atomic mass is 10.1.